The summed E-state index contributed by atoms with van der Waals surface area (Å²) in [6, 6.07) is 1.99. The molecule has 0 amide bonds. The van der Waals surface area contributed by atoms with Crippen LogP contribution in [0.25, 0.3) is 0 Å². The maximum Gasteiger partial charge on any atom is 0.158 e. The number of hydrogen-bond donors (Lipinski definition) is 0. The van der Waals surface area contributed by atoms with Crippen LogP contribution in [0.5, 0.6) is 0 Å². The Hall–Kier alpha value is -1.63. The molecule has 1 aromatic heterocycles. The van der Waals surface area contributed by atoms with Crippen LogP contribution in [0.15, 0.2) is 12.4 Å². The maximum atomic E-state index is 8.67. The highest BCUT2D eigenvalue weighted by Gasteiger charge is 2.19. The molecule has 0 atom stereocenters. The van der Waals surface area contributed by atoms with E-state index in [1.165, 1.54) is 25.7 Å². The average molecular weight is 230 g/mol. The Labute approximate surface area is 102 Å². The minimum absolute atomic E-state index is 0.384. The minimum Gasteiger partial charge on any atom is -0.355 e. The van der Waals surface area contributed by atoms with Crippen molar-refractivity contribution in [2.24, 2.45) is 5.92 Å². The first-order valence-corrected chi connectivity index (χ1v) is 6.30. The van der Waals surface area contributed by atoms with E-state index in [2.05, 4.69) is 21.8 Å². The summed E-state index contributed by atoms with van der Waals surface area (Å²) in [5.74, 6) is 1.78. The van der Waals surface area contributed by atoms with Crippen molar-refractivity contribution in [3.05, 3.63) is 18.1 Å². The lowest BCUT2D eigenvalue weighted by molar-refractivity contribution is 0.377. The second-order valence-corrected chi connectivity index (χ2v) is 4.59. The van der Waals surface area contributed by atoms with Crippen LogP contribution < -0.4 is 4.90 Å². The largest absolute Gasteiger partial charge is 0.355 e. The van der Waals surface area contributed by atoms with Crippen molar-refractivity contribution >= 4 is 5.82 Å². The van der Waals surface area contributed by atoms with Crippen molar-refractivity contribution in [3.8, 4) is 6.07 Å². The minimum atomic E-state index is 0.384. The van der Waals surface area contributed by atoms with Crippen LogP contribution in [0.2, 0.25) is 0 Å². The highest BCUT2D eigenvalue weighted by Crippen LogP contribution is 2.24. The highest BCUT2D eigenvalue weighted by molar-refractivity contribution is 5.37. The van der Waals surface area contributed by atoms with Crippen LogP contribution in [0, 0.1) is 17.2 Å². The molecule has 17 heavy (non-hydrogen) atoms. The second kappa shape index (κ2) is 5.62. The normalized spacial score (nSPS) is 16.8. The smallest absolute Gasteiger partial charge is 0.158 e. The predicted molar refractivity (Wildman–Crippen MR) is 66.6 cm³/mol. The van der Waals surface area contributed by atoms with Gasteiger partial charge in [-0.05, 0) is 18.8 Å². The molecule has 1 aromatic rings. The Balaban J connectivity index is 1.94. The van der Waals surface area contributed by atoms with Crippen molar-refractivity contribution in [1.82, 2.24) is 9.97 Å². The van der Waals surface area contributed by atoms with Crippen molar-refractivity contribution in [3.63, 3.8) is 0 Å². The average Bonchev–Trinajstić information content (AvgIpc) is 2.40. The van der Waals surface area contributed by atoms with Crippen LogP contribution >= 0.6 is 0 Å². The fraction of sp³-hybridized carbons (Fsp3) is 0.615. The van der Waals surface area contributed by atoms with Gasteiger partial charge in [0.1, 0.15) is 11.9 Å². The third-order valence-electron chi connectivity index (χ3n) is 3.39. The van der Waals surface area contributed by atoms with Gasteiger partial charge in [0.2, 0.25) is 0 Å². The second-order valence-electron chi connectivity index (χ2n) is 4.59. The molecule has 1 saturated heterocycles. The zero-order valence-corrected chi connectivity index (χ0v) is 10.3. The molecule has 1 aliphatic heterocycles. The number of nitriles is 1. The molecule has 0 saturated carbocycles. The standard InChI is InChI=1S/C13H18N4/c1-2-3-11-4-6-17(7-5-11)13-10-15-12(8-14)9-16-13/h9-11H,2-7H2,1H3. The number of nitrogens with zero attached hydrogens (tertiary/aromatic N) is 4. The molecule has 2 heterocycles. The van der Waals surface area contributed by atoms with E-state index in [1.807, 2.05) is 6.07 Å². The van der Waals surface area contributed by atoms with Gasteiger partial charge >= 0.3 is 0 Å². The molecule has 90 valence electrons. The lowest BCUT2D eigenvalue weighted by Crippen LogP contribution is -2.34. The van der Waals surface area contributed by atoms with Crippen molar-refractivity contribution in [2.45, 2.75) is 32.6 Å². The van der Waals surface area contributed by atoms with Gasteiger partial charge in [-0.25, -0.2) is 9.97 Å². The summed E-state index contributed by atoms with van der Waals surface area (Å²) in [7, 11) is 0. The fourth-order valence-corrected chi connectivity index (χ4v) is 2.40. The third-order valence-corrected chi connectivity index (χ3v) is 3.39. The molecule has 0 N–H and O–H groups in total. The SMILES string of the molecule is CCCC1CCN(c2cnc(C#N)cn2)CC1. The zero-order chi connectivity index (χ0) is 12.1. The molecule has 0 radical (unpaired) electrons. The third kappa shape index (κ3) is 2.94. The van der Waals surface area contributed by atoms with Gasteiger partial charge < -0.3 is 4.90 Å². The summed E-state index contributed by atoms with van der Waals surface area (Å²) in [4.78, 5) is 10.6. The molecule has 0 aliphatic carbocycles. The van der Waals surface area contributed by atoms with E-state index in [1.54, 1.807) is 12.4 Å². The molecular formula is C13H18N4. The molecular weight excluding hydrogens is 212 g/mol. The van der Waals surface area contributed by atoms with E-state index in [-0.39, 0.29) is 0 Å². The molecule has 0 spiro atoms. The first-order valence-electron chi connectivity index (χ1n) is 6.30. The van der Waals surface area contributed by atoms with Gasteiger partial charge in [-0.15, -0.1) is 0 Å². The van der Waals surface area contributed by atoms with Crippen molar-refractivity contribution < 1.29 is 0 Å². The van der Waals surface area contributed by atoms with Gasteiger partial charge in [0, 0.05) is 13.1 Å². The van der Waals surface area contributed by atoms with E-state index >= 15 is 0 Å². The molecule has 0 aromatic carbocycles. The van der Waals surface area contributed by atoms with E-state index in [0.29, 0.717) is 5.69 Å². The van der Waals surface area contributed by atoms with Crippen LogP contribution in [-0.2, 0) is 0 Å². The summed E-state index contributed by atoms with van der Waals surface area (Å²) >= 11 is 0. The van der Waals surface area contributed by atoms with E-state index in [9.17, 15) is 0 Å². The molecule has 1 aliphatic rings. The summed E-state index contributed by atoms with van der Waals surface area (Å²) < 4.78 is 0. The van der Waals surface area contributed by atoms with Crippen molar-refractivity contribution in [1.29, 1.82) is 5.26 Å². The Morgan fingerprint density at radius 2 is 2.12 bits per heavy atom. The van der Waals surface area contributed by atoms with Gasteiger partial charge in [0.15, 0.2) is 5.69 Å². The number of aromatic nitrogens is 2. The van der Waals surface area contributed by atoms with E-state index < -0.39 is 0 Å². The van der Waals surface area contributed by atoms with E-state index in [0.717, 1.165) is 24.8 Å². The Bertz CT molecular complexity index is 385. The summed E-state index contributed by atoms with van der Waals surface area (Å²) in [5, 5.41) is 8.67. The van der Waals surface area contributed by atoms with Gasteiger partial charge in [-0.1, -0.05) is 19.8 Å². The Morgan fingerprint density at radius 3 is 2.65 bits per heavy atom. The van der Waals surface area contributed by atoms with Crippen LogP contribution in [0.4, 0.5) is 5.82 Å². The summed E-state index contributed by atoms with van der Waals surface area (Å²) in [6.07, 6.45) is 8.37. The zero-order valence-electron chi connectivity index (χ0n) is 10.3. The number of piperidine rings is 1. The molecule has 0 bridgehead atoms. The Kier molecular flexibility index (Phi) is 3.92. The summed E-state index contributed by atoms with van der Waals surface area (Å²) in [6.45, 7) is 4.37. The van der Waals surface area contributed by atoms with Gasteiger partial charge in [0.05, 0.1) is 12.4 Å². The highest BCUT2D eigenvalue weighted by atomic mass is 15.2. The number of hydrogen-bond acceptors (Lipinski definition) is 4. The lowest BCUT2D eigenvalue weighted by atomic mass is 9.92. The molecule has 0 unspecified atom stereocenters. The van der Waals surface area contributed by atoms with Gasteiger partial charge in [0.25, 0.3) is 0 Å². The maximum absolute atomic E-state index is 8.67. The topological polar surface area (TPSA) is 52.8 Å². The Morgan fingerprint density at radius 1 is 1.35 bits per heavy atom. The van der Waals surface area contributed by atoms with Crippen molar-refractivity contribution in [2.75, 3.05) is 18.0 Å². The molecule has 4 heteroatoms. The monoisotopic (exact) mass is 230 g/mol. The fourth-order valence-electron chi connectivity index (χ4n) is 2.40. The molecule has 4 nitrogen and oxygen atoms in total. The first kappa shape index (κ1) is 11.8. The molecule has 1 fully saturated rings. The van der Waals surface area contributed by atoms with Crippen LogP contribution in [0.1, 0.15) is 38.3 Å². The van der Waals surface area contributed by atoms with E-state index in [4.69, 9.17) is 5.26 Å². The predicted octanol–water partition coefficient (Wildman–Crippen LogP) is 2.36. The lowest BCUT2D eigenvalue weighted by Gasteiger charge is -2.32. The quantitative estimate of drug-likeness (QED) is 0.800. The molecule has 2 rings (SSSR count). The number of anilines is 1. The van der Waals surface area contributed by atoms with Crippen LogP contribution in [-0.4, -0.2) is 23.1 Å². The van der Waals surface area contributed by atoms with Gasteiger partial charge in [-0.2, -0.15) is 5.26 Å². The van der Waals surface area contributed by atoms with Crippen LogP contribution in [0.3, 0.4) is 0 Å². The first-order chi connectivity index (χ1) is 8.33. The number of rotatable bonds is 3. The van der Waals surface area contributed by atoms with Gasteiger partial charge in [-0.3, -0.25) is 0 Å². The summed E-state index contributed by atoms with van der Waals surface area (Å²) in [5.41, 5.74) is 0.384.